The van der Waals surface area contributed by atoms with Crippen molar-refractivity contribution in [3.63, 3.8) is 0 Å². The zero-order chi connectivity index (χ0) is 13.8. The SMILES string of the molecule is CC(C)CCCCn1c(CCl)nc2cc(Cl)cnc21. The number of nitrogens with zero attached hydrogens (tertiary/aromatic N) is 3. The summed E-state index contributed by atoms with van der Waals surface area (Å²) in [6, 6.07) is 1.84. The molecule has 0 fully saturated rings. The second-order valence-corrected chi connectivity index (χ2v) is 5.90. The van der Waals surface area contributed by atoms with Crippen molar-refractivity contribution >= 4 is 34.4 Å². The number of imidazole rings is 1. The molecule has 0 saturated carbocycles. The fourth-order valence-electron chi connectivity index (χ4n) is 2.19. The fraction of sp³-hybridized carbons (Fsp3) is 0.571. The minimum atomic E-state index is 0.401. The van der Waals surface area contributed by atoms with Crippen molar-refractivity contribution in [2.75, 3.05) is 0 Å². The van der Waals surface area contributed by atoms with E-state index in [9.17, 15) is 0 Å². The Hall–Kier alpha value is -0.800. The third-order valence-electron chi connectivity index (χ3n) is 3.16. The van der Waals surface area contributed by atoms with E-state index in [0.717, 1.165) is 35.9 Å². The minimum absolute atomic E-state index is 0.401. The number of rotatable bonds is 6. The summed E-state index contributed by atoms with van der Waals surface area (Å²) >= 11 is 11.9. The van der Waals surface area contributed by atoms with Gasteiger partial charge in [0.05, 0.1) is 10.9 Å². The van der Waals surface area contributed by atoms with E-state index in [4.69, 9.17) is 23.2 Å². The molecular weight excluding hydrogens is 281 g/mol. The van der Waals surface area contributed by atoms with E-state index in [1.807, 2.05) is 6.07 Å². The number of fused-ring (bicyclic) bond motifs is 1. The van der Waals surface area contributed by atoms with Crippen LogP contribution in [0, 0.1) is 5.92 Å². The molecule has 2 aromatic heterocycles. The van der Waals surface area contributed by atoms with E-state index in [1.54, 1.807) is 6.20 Å². The van der Waals surface area contributed by atoms with Crippen LogP contribution in [0.25, 0.3) is 11.2 Å². The lowest BCUT2D eigenvalue weighted by Gasteiger charge is -2.08. The quantitative estimate of drug-likeness (QED) is 0.574. The van der Waals surface area contributed by atoms with E-state index in [1.165, 1.54) is 12.8 Å². The Morgan fingerprint density at radius 1 is 1.32 bits per heavy atom. The predicted molar refractivity (Wildman–Crippen MR) is 80.8 cm³/mol. The fourth-order valence-corrected chi connectivity index (χ4v) is 2.55. The van der Waals surface area contributed by atoms with Gasteiger partial charge in [0, 0.05) is 12.7 Å². The van der Waals surface area contributed by atoms with Gasteiger partial charge in [0.15, 0.2) is 5.65 Å². The van der Waals surface area contributed by atoms with E-state index in [0.29, 0.717) is 10.9 Å². The average Bonchev–Trinajstić information content (AvgIpc) is 2.71. The lowest BCUT2D eigenvalue weighted by atomic mass is 10.1. The molecular formula is C14H19Cl2N3. The number of alkyl halides is 1. The van der Waals surface area contributed by atoms with Crippen LogP contribution in [0.3, 0.4) is 0 Å². The summed E-state index contributed by atoms with van der Waals surface area (Å²) < 4.78 is 2.11. The van der Waals surface area contributed by atoms with Crippen molar-refractivity contribution < 1.29 is 0 Å². The van der Waals surface area contributed by atoms with Gasteiger partial charge in [0.1, 0.15) is 11.3 Å². The predicted octanol–water partition coefficient (Wildman–Crippen LogP) is 4.65. The van der Waals surface area contributed by atoms with Gasteiger partial charge in [-0.3, -0.25) is 0 Å². The number of pyridine rings is 1. The van der Waals surface area contributed by atoms with Crippen LogP contribution in [-0.2, 0) is 12.4 Å². The molecule has 19 heavy (non-hydrogen) atoms. The Labute approximate surface area is 123 Å². The zero-order valence-corrected chi connectivity index (χ0v) is 12.9. The summed E-state index contributed by atoms with van der Waals surface area (Å²) in [6.45, 7) is 5.42. The highest BCUT2D eigenvalue weighted by Gasteiger charge is 2.11. The molecule has 3 nitrogen and oxygen atoms in total. The van der Waals surface area contributed by atoms with Gasteiger partial charge in [-0.1, -0.05) is 38.3 Å². The molecule has 0 aromatic carbocycles. The molecule has 0 saturated heterocycles. The van der Waals surface area contributed by atoms with Gasteiger partial charge in [-0.2, -0.15) is 0 Å². The van der Waals surface area contributed by atoms with Crippen LogP contribution >= 0.6 is 23.2 Å². The van der Waals surface area contributed by atoms with Gasteiger partial charge in [0.25, 0.3) is 0 Å². The maximum absolute atomic E-state index is 5.96. The van der Waals surface area contributed by atoms with Crippen molar-refractivity contribution in [3.05, 3.63) is 23.1 Å². The van der Waals surface area contributed by atoms with Crippen molar-refractivity contribution in [2.45, 2.75) is 45.5 Å². The Morgan fingerprint density at radius 2 is 2.11 bits per heavy atom. The number of unbranched alkanes of at least 4 members (excludes halogenated alkanes) is 1. The van der Waals surface area contributed by atoms with Crippen molar-refractivity contribution in [2.24, 2.45) is 5.92 Å². The molecule has 0 bridgehead atoms. The summed E-state index contributed by atoms with van der Waals surface area (Å²) in [4.78, 5) is 8.86. The van der Waals surface area contributed by atoms with E-state index in [-0.39, 0.29) is 0 Å². The molecule has 2 aromatic rings. The third kappa shape index (κ3) is 3.61. The molecule has 0 atom stereocenters. The van der Waals surface area contributed by atoms with Gasteiger partial charge in [-0.25, -0.2) is 9.97 Å². The third-order valence-corrected chi connectivity index (χ3v) is 3.61. The number of aryl methyl sites for hydroxylation is 1. The highest BCUT2D eigenvalue weighted by molar-refractivity contribution is 6.31. The summed E-state index contributed by atoms with van der Waals surface area (Å²) in [7, 11) is 0. The molecule has 2 heterocycles. The Balaban J connectivity index is 2.16. The first-order valence-electron chi connectivity index (χ1n) is 6.68. The molecule has 0 aliphatic carbocycles. The Bertz CT molecular complexity index is 549. The van der Waals surface area contributed by atoms with Crippen molar-refractivity contribution in [3.8, 4) is 0 Å². The molecule has 0 unspecified atom stereocenters. The van der Waals surface area contributed by atoms with Crippen molar-refractivity contribution in [1.82, 2.24) is 14.5 Å². The van der Waals surface area contributed by atoms with E-state index >= 15 is 0 Å². The number of hydrogen-bond donors (Lipinski definition) is 0. The zero-order valence-electron chi connectivity index (χ0n) is 11.4. The van der Waals surface area contributed by atoms with Crippen LogP contribution in [0.4, 0.5) is 0 Å². The van der Waals surface area contributed by atoms with E-state index in [2.05, 4.69) is 28.4 Å². The first kappa shape index (κ1) is 14.6. The largest absolute Gasteiger partial charge is 0.312 e. The summed E-state index contributed by atoms with van der Waals surface area (Å²) in [5, 5.41) is 0.609. The van der Waals surface area contributed by atoms with Crippen LogP contribution in [-0.4, -0.2) is 14.5 Å². The Kier molecular flexibility index (Phi) is 5.06. The van der Waals surface area contributed by atoms with Gasteiger partial charge in [-0.15, -0.1) is 11.6 Å². The van der Waals surface area contributed by atoms with Gasteiger partial charge in [-0.05, 0) is 18.4 Å². The molecule has 0 radical (unpaired) electrons. The Morgan fingerprint density at radius 3 is 2.79 bits per heavy atom. The maximum Gasteiger partial charge on any atom is 0.160 e. The number of aromatic nitrogens is 3. The van der Waals surface area contributed by atoms with Gasteiger partial charge < -0.3 is 4.57 Å². The van der Waals surface area contributed by atoms with Crippen molar-refractivity contribution in [1.29, 1.82) is 0 Å². The maximum atomic E-state index is 5.96. The van der Waals surface area contributed by atoms with Crippen LogP contribution in [0.15, 0.2) is 12.3 Å². The van der Waals surface area contributed by atoms with Gasteiger partial charge in [0.2, 0.25) is 0 Å². The summed E-state index contributed by atoms with van der Waals surface area (Å²) in [5.41, 5.74) is 1.71. The lowest BCUT2D eigenvalue weighted by Crippen LogP contribution is -2.04. The number of hydrogen-bond acceptors (Lipinski definition) is 2. The highest BCUT2D eigenvalue weighted by atomic mass is 35.5. The van der Waals surface area contributed by atoms with Crippen LogP contribution in [0.2, 0.25) is 5.02 Å². The topological polar surface area (TPSA) is 30.7 Å². The summed E-state index contributed by atoms with van der Waals surface area (Å²) in [5.74, 6) is 2.03. The molecule has 0 N–H and O–H groups in total. The molecule has 104 valence electrons. The molecule has 0 spiro atoms. The number of halogens is 2. The molecule has 5 heteroatoms. The molecule has 0 amide bonds. The summed E-state index contributed by atoms with van der Waals surface area (Å²) in [6.07, 6.45) is 5.25. The molecule has 0 aliphatic heterocycles. The average molecular weight is 300 g/mol. The lowest BCUT2D eigenvalue weighted by molar-refractivity contribution is 0.508. The molecule has 2 rings (SSSR count). The normalized spacial score (nSPS) is 11.6. The monoisotopic (exact) mass is 299 g/mol. The molecule has 0 aliphatic rings. The van der Waals surface area contributed by atoms with Gasteiger partial charge >= 0.3 is 0 Å². The smallest absolute Gasteiger partial charge is 0.160 e. The first-order chi connectivity index (χ1) is 9.11. The highest BCUT2D eigenvalue weighted by Crippen LogP contribution is 2.20. The first-order valence-corrected chi connectivity index (χ1v) is 7.59. The minimum Gasteiger partial charge on any atom is -0.312 e. The standard InChI is InChI=1S/C14H19Cl2N3/c1-10(2)5-3-4-6-19-13(8-15)18-12-7-11(16)9-17-14(12)19/h7,9-10H,3-6,8H2,1-2H3. The van der Waals surface area contributed by atoms with Crippen LogP contribution < -0.4 is 0 Å². The second kappa shape index (κ2) is 6.58. The van der Waals surface area contributed by atoms with Crippen LogP contribution in [0.1, 0.15) is 38.9 Å². The van der Waals surface area contributed by atoms with Crippen LogP contribution in [0.5, 0.6) is 0 Å². The van der Waals surface area contributed by atoms with E-state index < -0.39 is 0 Å². The second-order valence-electron chi connectivity index (χ2n) is 5.20.